The molecule has 15 heavy (non-hydrogen) atoms. The van der Waals surface area contributed by atoms with Crippen LogP contribution in [0.15, 0.2) is 29.6 Å². The molecule has 1 aromatic carbocycles. The lowest BCUT2D eigenvalue weighted by Crippen LogP contribution is -1.80. The van der Waals surface area contributed by atoms with Crippen LogP contribution in [0, 0.1) is 25.2 Å². The molecule has 2 aromatic rings. The van der Waals surface area contributed by atoms with Gasteiger partial charge in [0.2, 0.25) is 0 Å². The van der Waals surface area contributed by atoms with Crippen LogP contribution in [0.2, 0.25) is 0 Å². The summed E-state index contributed by atoms with van der Waals surface area (Å²) in [5, 5.41) is 11.1. The Morgan fingerprint density at radius 2 is 1.80 bits per heavy atom. The van der Waals surface area contributed by atoms with Crippen LogP contribution in [0.1, 0.15) is 16.7 Å². The second kappa shape index (κ2) is 3.88. The fourth-order valence-corrected chi connectivity index (χ4v) is 2.51. The van der Waals surface area contributed by atoms with Gasteiger partial charge in [0, 0.05) is 0 Å². The van der Waals surface area contributed by atoms with Crippen LogP contribution in [0.25, 0.3) is 10.4 Å². The van der Waals surface area contributed by atoms with E-state index in [0.29, 0.717) is 0 Å². The van der Waals surface area contributed by atoms with E-state index in [1.807, 2.05) is 12.3 Å². The molecular formula is C13H11NS. The number of thiophene rings is 1. The van der Waals surface area contributed by atoms with Crippen LogP contribution in [-0.4, -0.2) is 0 Å². The molecule has 0 aliphatic carbocycles. The van der Waals surface area contributed by atoms with Gasteiger partial charge in [0.25, 0.3) is 0 Å². The Labute approximate surface area is 93.6 Å². The van der Waals surface area contributed by atoms with E-state index in [2.05, 4.69) is 37.3 Å². The molecule has 74 valence electrons. The smallest absolute Gasteiger partial charge is 0.101 e. The van der Waals surface area contributed by atoms with Gasteiger partial charge in [-0.3, -0.25) is 0 Å². The van der Waals surface area contributed by atoms with Crippen molar-refractivity contribution in [2.45, 2.75) is 13.8 Å². The molecule has 0 aliphatic heterocycles. The number of nitrogens with zero attached hydrogens (tertiary/aromatic N) is 1. The van der Waals surface area contributed by atoms with Crippen LogP contribution in [0.5, 0.6) is 0 Å². The molecule has 0 amide bonds. The van der Waals surface area contributed by atoms with Crippen molar-refractivity contribution in [1.82, 2.24) is 0 Å². The highest BCUT2D eigenvalue weighted by Crippen LogP contribution is 2.31. The van der Waals surface area contributed by atoms with Crippen LogP contribution >= 0.6 is 11.3 Å². The lowest BCUT2D eigenvalue weighted by molar-refractivity contribution is 1.44. The summed E-state index contributed by atoms with van der Waals surface area (Å²) in [5.74, 6) is 0. The van der Waals surface area contributed by atoms with E-state index >= 15 is 0 Å². The van der Waals surface area contributed by atoms with E-state index in [9.17, 15) is 0 Å². The summed E-state index contributed by atoms with van der Waals surface area (Å²) in [6.45, 7) is 4.04. The van der Waals surface area contributed by atoms with Gasteiger partial charge in [0.05, 0.1) is 10.4 Å². The summed E-state index contributed by atoms with van der Waals surface area (Å²) in [6, 6.07) is 10.6. The number of nitriles is 1. The zero-order chi connectivity index (χ0) is 10.8. The predicted molar refractivity (Wildman–Crippen MR) is 63.9 cm³/mol. The van der Waals surface area contributed by atoms with Gasteiger partial charge in [-0.25, -0.2) is 0 Å². The topological polar surface area (TPSA) is 23.8 Å². The van der Waals surface area contributed by atoms with Crippen molar-refractivity contribution < 1.29 is 0 Å². The van der Waals surface area contributed by atoms with Gasteiger partial charge >= 0.3 is 0 Å². The van der Waals surface area contributed by atoms with Crippen LogP contribution < -0.4 is 0 Å². The van der Waals surface area contributed by atoms with Crippen molar-refractivity contribution in [3.05, 3.63) is 46.3 Å². The first-order chi connectivity index (χ1) is 7.22. The van der Waals surface area contributed by atoms with Gasteiger partial charge in [-0.05, 0) is 30.4 Å². The first-order valence-corrected chi connectivity index (χ1v) is 5.65. The summed E-state index contributed by atoms with van der Waals surface area (Å²) in [4.78, 5) is 1.08. The fraction of sp³-hybridized carbons (Fsp3) is 0.154. The van der Waals surface area contributed by atoms with Gasteiger partial charge in [-0.1, -0.05) is 29.8 Å². The molecule has 0 bridgehead atoms. The third kappa shape index (κ3) is 1.79. The minimum atomic E-state index is 0.809. The van der Waals surface area contributed by atoms with Gasteiger partial charge in [-0.15, -0.1) is 11.3 Å². The van der Waals surface area contributed by atoms with Crippen molar-refractivity contribution >= 4 is 11.3 Å². The Morgan fingerprint density at radius 1 is 1.13 bits per heavy atom. The highest BCUT2D eigenvalue weighted by atomic mass is 32.1. The van der Waals surface area contributed by atoms with E-state index in [-0.39, 0.29) is 0 Å². The quantitative estimate of drug-likeness (QED) is 0.704. The summed E-state index contributed by atoms with van der Waals surface area (Å²) >= 11 is 1.64. The van der Waals surface area contributed by atoms with Crippen molar-refractivity contribution in [3.8, 4) is 16.5 Å². The predicted octanol–water partition coefficient (Wildman–Crippen LogP) is 3.90. The van der Waals surface area contributed by atoms with Gasteiger partial charge in [-0.2, -0.15) is 5.26 Å². The molecule has 1 heterocycles. The highest BCUT2D eigenvalue weighted by Gasteiger charge is 2.09. The molecule has 2 heteroatoms. The molecule has 0 spiro atoms. The Hall–Kier alpha value is -1.59. The fourth-order valence-electron chi connectivity index (χ4n) is 1.50. The normalized spacial score (nSPS) is 9.93. The SMILES string of the molecule is Cc1ccc(-c2scc(C)c2C#N)cc1. The molecule has 0 saturated carbocycles. The largest absolute Gasteiger partial charge is 0.192 e. The van der Waals surface area contributed by atoms with Crippen molar-refractivity contribution in [3.63, 3.8) is 0 Å². The monoisotopic (exact) mass is 213 g/mol. The van der Waals surface area contributed by atoms with Crippen LogP contribution in [0.3, 0.4) is 0 Å². The Morgan fingerprint density at radius 3 is 2.40 bits per heavy atom. The molecule has 1 aromatic heterocycles. The molecule has 0 fully saturated rings. The minimum absolute atomic E-state index is 0.809. The molecule has 0 saturated heterocycles. The van der Waals surface area contributed by atoms with Crippen LogP contribution in [0.4, 0.5) is 0 Å². The summed E-state index contributed by atoms with van der Waals surface area (Å²) < 4.78 is 0. The molecule has 0 N–H and O–H groups in total. The summed E-state index contributed by atoms with van der Waals surface area (Å²) in [7, 11) is 0. The maximum absolute atomic E-state index is 9.06. The van der Waals surface area contributed by atoms with E-state index in [1.54, 1.807) is 11.3 Å². The number of aryl methyl sites for hydroxylation is 2. The average Bonchev–Trinajstić information content (AvgIpc) is 2.61. The summed E-state index contributed by atoms with van der Waals surface area (Å²) in [6.07, 6.45) is 0. The van der Waals surface area contributed by atoms with Crippen molar-refractivity contribution in [2.24, 2.45) is 0 Å². The Balaban J connectivity index is 2.55. The summed E-state index contributed by atoms with van der Waals surface area (Å²) in [5.41, 5.74) is 4.25. The van der Waals surface area contributed by atoms with Gasteiger partial charge in [0.1, 0.15) is 6.07 Å². The lowest BCUT2D eigenvalue weighted by Gasteiger charge is -1.99. The molecule has 0 radical (unpaired) electrons. The standard InChI is InChI=1S/C13H11NS/c1-9-3-5-11(6-4-9)13-12(7-14)10(2)8-15-13/h3-6,8H,1-2H3. The van der Waals surface area contributed by atoms with Crippen molar-refractivity contribution in [2.75, 3.05) is 0 Å². The maximum atomic E-state index is 9.06. The average molecular weight is 213 g/mol. The highest BCUT2D eigenvalue weighted by molar-refractivity contribution is 7.14. The zero-order valence-electron chi connectivity index (χ0n) is 8.74. The van der Waals surface area contributed by atoms with Gasteiger partial charge < -0.3 is 0 Å². The van der Waals surface area contributed by atoms with E-state index in [0.717, 1.165) is 21.6 Å². The number of hydrogen-bond acceptors (Lipinski definition) is 2. The molecule has 2 rings (SSSR count). The van der Waals surface area contributed by atoms with E-state index < -0.39 is 0 Å². The first kappa shape index (κ1) is 9.95. The van der Waals surface area contributed by atoms with Crippen molar-refractivity contribution in [1.29, 1.82) is 5.26 Å². The Kier molecular flexibility index (Phi) is 2.57. The molecular weight excluding hydrogens is 202 g/mol. The second-order valence-corrected chi connectivity index (χ2v) is 4.48. The third-order valence-electron chi connectivity index (χ3n) is 2.40. The van der Waals surface area contributed by atoms with Gasteiger partial charge in [0.15, 0.2) is 0 Å². The molecule has 1 nitrogen and oxygen atoms in total. The first-order valence-electron chi connectivity index (χ1n) is 4.77. The molecule has 0 unspecified atom stereocenters. The Bertz CT molecular complexity index is 514. The van der Waals surface area contributed by atoms with E-state index in [1.165, 1.54) is 5.56 Å². The molecule has 0 atom stereocenters. The number of hydrogen-bond donors (Lipinski definition) is 0. The lowest BCUT2D eigenvalue weighted by atomic mass is 10.1. The zero-order valence-corrected chi connectivity index (χ0v) is 9.56. The molecule has 0 aliphatic rings. The number of rotatable bonds is 1. The maximum Gasteiger partial charge on any atom is 0.101 e. The van der Waals surface area contributed by atoms with Crippen LogP contribution in [-0.2, 0) is 0 Å². The second-order valence-electron chi connectivity index (χ2n) is 3.60. The third-order valence-corrected chi connectivity index (χ3v) is 3.55. The van der Waals surface area contributed by atoms with E-state index in [4.69, 9.17) is 5.26 Å². The minimum Gasteiger partial charge on any atom is -0.192 e. The number of benzene rings is 1.